The van der Waals surface area contributed by atoms with Crippen LogP contribution in [0.15, 0.2) is 24.0 Å². The molecule has 2 aromatic heterocycles. The normalized spacial score (nSPS) is 11.9. The van der Waals surface area contributed by atoms with Crippen LogP contribution in [0, 0.1) is 0 Å². The molecule has 0 saturated heterocycles. The number of hydrogen-bond donors (Lipinski definition) is 1. The quantitative estimate of drug-likeness (QED) is 0.914. The highest BCUT2D eigenvalue weighted by Crippen LogP contribution is 2.22. The molecule has 2 aromatic rings. The van der Waals surface area contributed by atoms with Gasteiger partial charge < -0.3 is 10.2 Å². The minimum atomic E-state index is -0.115. The fourth-order valence-electron chi connectivity index (χ4n) is 1.67. The van der Waals surface area contributed by atoms with E-state index in [-0.39, 0.29) is 11.9 Å². The average Bonchev–Trinajstić information content (AvgIpc) is 3.00. The maximum Gasteiger partial charge on any atom is 0.257 e. The summed E-state index contributed by atoms with van der Waals surface area (Å²) >= 11 is 1.53. The van der Waals surface area contributed by atoms with Gasteiger partial charge in [0, 0.05) is 37.6 Å². The number of anilines is 1. The fourth-order valence-corrected chi connectivity index (χ4v) is 2.41. The van der Waals surface area contributed by atoms with E-state index < -0.39 is 0 Å². The number of nitrogens with zero attached hydrogens (tertiary/aromatic N) is 4. The Balaban J connectivity index is 2.10. The van der Waals surface area contributed by atoms with E-state index in [4.69, 9.17) is 0 Å². The van der Waals surface area contributed by atoms with Crippen molar-refractivity contribution in [3.05, 3.63) is 34.5 Å². The van der Waals surface area contributed by atoms with Gasteiger partial charge in [-0.1, -0.05) is 0 Å². The molecule has 0 bridgehead atoms. The number of thiazole rings is 1. The van der Waals surface area contributed by atoms with Crippen molar-refractivity contribution in [2.24, 2.45) is 0 Å². The molecule has 0 fully saturated rings. The summed E-state index contributed by atoms with van der Waals surface area (Å²) in [5.74, 6) is 0.412. The molecule has 2 heterocycles. The van der Waals surface area contributed by atoms with E-state index in [0.717, 1.165) is 11.6 Å². The zero-order valence-corrected chi connectivity index (χ0v) is 12.5. The standard InChI is InChI=1S/C13H17N5OS/c1-4-14-13-16-7-10(8-17-13)12(19)18(3)9(2)11-15-5-6-20-11/h5-9H,4H2,1-3H3,(H,14,16,17)/t9-/m1/s1. The van der Waals surface area contributed by atoms with Crippen molar-refractivity contribution in [1.82, 2.24) is 19.9 Å². The van der Waals surface area contributed by atoms with E-state index in [9.17, 15) is 4.79 Å². The molecule has 1 amide bonds. The number of hydrogen-bond acceptors (Lipinski definition) is 6. The molecule has 6 nitrogen and oxygen atoms in total. The number of carbonyl (C=O) groups excluding carboxylic acids is 1. The molecule has 1 N–H and O–H groups in total. The van der Waals surface area contributed by atoms with Crippen molar-refractivity contribution >= 4 is 23.2 Å². The number of nitrogens with one attached hydrogen (secondary N) is 1. The topological polar surface area (TPSA) is 71.0 Å². The van der Waals surface area contributed by atoms with Crippen molar-refractivity contribution < 1.29 is 4.79 Å². The third-order valence-electron chi connectivity index (χ3n) is 2.94. The third-order valence-corrected chi connectivity index (χ3v) is 3.89. The van der Waals surface area contributed by atoms with Crippen LogP contribution < -0.4 is 5.32 Å². The lowest BCUT2D eigenvalue weighted by molar-refractivity contribution is 0.0741. The lowest BCUT2D eigenvalue weighted by Gasteiger charge is -2.23. The molecule has 0 aliphatic rings. The van der Waals surface area contributed by atoms with Crippen molar-refractivity contribution in [2.45, 2.75) is 19.9 Å². The summed E-state index contributed by atoms with van der Waals surface area (Å²) in [5.41, 5.74) is 0.470. The van der Waals surface area contributed by atoms with Gasteiger partial charge in [-0.2, -0.15) is 0 Å². The Bertz CT molecular complexity index is 555. The molecule has 0 aliphatic carbocycles. The maximum atomic E-state index is 12.4. The molecule has 2 rings (SSSR count). The van der Waals surface area contributed by atoms with Gasteiger partial charge in [0.25, 0.3) is 5.91 Å². The molecule has 20 heavy (non-hydrogen) atoms. The highest BCUT2D eigenvalue weighted by Gasteiger charge is 2.21. The summed E-state index contributed by atoms with van der Waals surface area (Å²) in [5, 5.41) is 5.80. The highest BCUT2D eigenvalue weighted by molar-refractivity contribution is 7.09. The molecular weight excluding hydrogens is 274 g/mol. The van der Waals surface area contributed by atoms with Crippen LogP contribution in [0.1, 0.15) is 35.3 Å². The molecule has 7 heteroatoms. The van der Waals surface area contributed by atoms with Gasteiger partial charge >= 0.3 is 0 Å². The van der Waals surface area contributed by atoms with Crippen LogP contribution in [0.4, 0.5) is 5.95 Å². The van der Waals surface area contributed by atoms with Crippen molar-refractivity contribution in [2.75, 3.05) is 18.9 Å². The SMILES string of the molecule is CCNc1ncc(C(=O)N(C)[C@H](C)c2nccs2)cn1. The number of aromatic nitrogens is 3. The molecular formula is C13H17N5OS. The van der Waals surface area contributed by atoms with E-state index >= 15 is 0 Å². The zero-order chi connectivity index (χ0) is 14.5. The largest absolute Gasteiger partial charge is 0.355 e. The van der Waals surface area contributed by atoms with E-state index in [1.807, 2.05) is 19.2 Å². The molecule has 106 valence electrons. The summed E-state index contributed by atoms with van der Waals surface area (Å²) in [7, 11) is 1.76. The summed E-state index contributed by atoms with van der Waals surface area (Å²) < 4.78 is 0. The molecule has 0 saturated carbocycles. The highest BCUT2D eigenvalue weighted by atomic mass is 32.1. The Labute approximate surface area is 121 Å². The van der Waals surface area contributed by atoms with Crippen molar-refractivity contribution in [3.63, 3.8) is 0 Å². The van der Waals surface area contributed by atoms with Crippen LogP contribution in [-0.4, -0.2) is 39.4 Å². The van der Waals surface area contributed by atoms with Gasteiger partial charge in [0.1, 0.15) is 5.01 Å². The Hall–Kier alpha value is -2.02. The van der Waals surface area contributed by atoms with Gasteiger partial charge in [-0.25, -0.2) is 15.0 Å². The monoisotopic (exact) mass is 291 g/mol. The van der Waals surface area contributed by atoms with Crippen molar-refractivity contribution in [1.29, 1.82) is 0 Å². The third kappa shape index (κ3) is 3.11. The molecule has 0 unspecified atom stereocenters. The summed E-state index contributed by atoms with van der Waals surface area (Å²) in [6.07, 6.45) is 4.82. The second kappa shape index (κ2) is 6.42. The molecule has 0 aliphatic heterocycles. The summed E-state index contributed by atoms with van der Waals surface area (Å²) in [6.45, 7) is 4.66. The summed E-state index contributed by atoms with van der Waals surface area (Å²) in [6, 6.07) is -0.0732. The van der Waals surface area contributed by atoms with E-state index in [2.05, 4.69) is 20.3 Å². The molecule has 0 radical (unpaired) electrons. The Kier molecular flexibility index (Phi) is 4.62. The Morgan fingerprint density at radius 2 is 2.10 bits per heavy atom. The first kappa shape index (κ1) is 14.4. The average molecular weight is 291 g/mol. The maximum absolute atomic E-state index is 12.4. The van der Waals surface area contributed by atoms with Gasteiger partial charge in [0.2, 0.25) is 5.95 Å². The van der Waals surface area contributed by atoms with Crippen LogP contribution in [0.2, 0.25) is 0 Å². The second-order valence-corrected chi connectivity index (χ2v) is 5.21. The first-order valence-corrected chi connectivity index (χ1v) is 7.24. The van der Waals surface area contributed by atoms with E-state index in [1.165, 1.54) is 11.3 Å². The first-order valence-electron chi connectivity index (χ1n) is 6.36. The lowest BCUT2D eigenvalue weighted by Crippen LogP contribution is -2.29. The van der Waals surface area contributed by atoms with Gasteiger partial charge in [-0.05, 0) is 13.8 Å². The van der Waals surface area contributed by atoms with E-state index in [1.54, 1.807) is 30.5 Å². The van der Waals surface area contributed by atoms with E-state index in [0.29, 0.717) is 11.5 Å². The van der Waals surface area contributed by atoms with Crippen LogP contribution >= 0.6 is 11.3 Å². The van der Waals surface area contributed by atoms with Gasteiger partial charge in [-0.3, -0.25) is 4.79 Å². The summed E-state index contributed by atoms with van der Waals surface area (Å²) in [4.78, 5) is 26.5. The smallest absolute Gasteiger partial charge is 0.257 e. The number of carbonyl (C=O) groups is 1. The Morgan fingerprint density at radius 1 is 1.40 bits per heavy atom. The Morgan fingerprint density at radius 3 is 2.65 bits per heavy atom. The lowest BCUT2D eigenvalue weighted by atomic mass is 10.2. The zero-order valence-electron chi connectivity index (χ0n) is 11.7. The second-order valence-electron chi connectivity index (χ2n) is 4.29. The molecule has 0 aromatic carbocycles. The van der Waals surface area contributed by atoms with Crippen LogP contribution in [0.25, 0.3) is 0 Å². The van der Waals surface area contributed by atoms with Gasteiger partial charge in [0.05, 0.1) is 11.6 Å². The van der Waals surface area contributed by atoms with Gasteiger partial charge in [0.15, 0.2) is 0 Å². The minimum Gasteiger partial charge on any atom is -0.355 e. The number of rotatable bonds is 5. The van der Waals surface area contributed by atoms with Crippen LogP contribution in [-0.2, 0) is 0 Å². The predicted molar refractivity (Wildman–Crippen MR) is 78.8 cm³/mol. The fraction of sp³-hybridized carbons (Fsp3) is 0.385. The first-order chi connectivity index (χ1) is 9.63. The number of amides is 1. The molecule has 1 atom stereocenters. The van der Waals surface area contributed by atoms with Crippen molar-refractivity contribution in [3.8, 4) is 0 Å². The van der Waals surface area contributed by atoms with Crippen LogP contribution in [0.5, 0.6) is 0 Å². The predicted octanol–water partition coefficient (Wildman–Crippen LogP) is 2.20. The minimum absolute atomic E-state index is 0.0732. The van der Waals surface area contributed by atoms with Gasteiger partial charge in [-0.15, -0.1) is 11.3 Å². The van der Waals surface area contributed by atoms with Crippen LogP contribution in [0.3, 0.4) is 0 Å². The molecule has 0 spiro atoms.